The van der Waals surface area contributed by atoms with Gasteiger partial charge in [-0.2, -0.15) is 0 Å². The summed E-state index contributed by atoms with van der Waals surface area (Å²) < 4.78 is 16.7. The first-order chi connectivity index (χ1) is 12.4. The number of aryl methyl sites for hydroxylation is 1. The molecule has 0 heterocycles. The minimum atomic E-state index is -1.34. The maximum absolute atomic E-state index is 12.3. The van der Waals surface area contributed by atoms with Gasteiger partial charge in [-0.15, -0.1) is 0 Å². The van der Waals surface area contributed by atoms with Gasteiger partial charge in [-0.05, 0) is 60.8 Å². The van der Waals surface area contributed by atoms with Gasteiger partial charge in [0.2, 0.25) is 0 Å². The molecule has 2 atom stereocenters. The van der Waals surface area contributed by atoms with E-state index in [1.165, 1.54) is 24.0 Å². The van der Waals surface area contributed by atoms with E-state index in [1.807, 2.05) is 31.2 Å². The Kier molecular flexibility index (Phi) is 7.50. The monoisotopic (exact) mass is 375 g/mol. The highest BCUT2D eigenvalue weighted by molar-refractivity contribution is 7.90. The number of hydrogen-bond donors (Lipinski definition) is 2. The second kappa shape index (κ2) is 9.62. The van der Waals surface area contributed by atoms with Gasteiger partial charge in [-0.1, -0.05) is 12.1 Å². The number of Topliss-reactive ketones (excluding diaryl/α,β-unsaturated/α-hetero) is 1. The lowest BCUT2D eigenvalue weighted by Gasteiger charge is -2.14. The topological polar surface area (TPSA) is 81.6 Å². The van der Waals surface area contributed by atoms with Gasteiger partial charge in [0.1, 0.15) is 12.0 Å². The van der Waals surface area contributed by atoms with Gasteiger partial charge in [0.15, 0.2) is 16.4 Å². The fraction of sp³-hybridized carbons (Fsp3) is 0.350. The van der Waals surface area contributed by atoms with Crippen molar-refractivity contribution < 1.29 is 19.2 Å². The van der Waals surface area contributed by atoms with Crippen LogP contribution >= 0.6 is 0 Å². The molecule has 0 saturated carbocycles. The summed E-state index contributed by atoms with van der Waals surface area (Å²) in [5.74, 6) is 0.697. The summed E-state index contributed by atoms with van der Waals surface area (Å²) in [5.41, 5.74) is 1.67. The predicted molar refractivity (Wildman–Crippen MR) is 104 cm³/mol. The maximum Gasteiger partial charge on any atom is 0.194 e. The van der Waals surface area contributed by atoms with Gasteiger partial charge >= 0.3 is 0 Å². The summed E-state index contributed by atoms with van der Waals surface area (Å²) in [6, 6.07) is 12.6. The Morgan fingerprint density at radius 1 is 1.27 bits per heavy atom. The van der Waals surface area contributed by atoms with Crippen molar-refractivity contribution in [3.8, 4) is 11.5 Å². The zero-order valence-electron chi connectivity index (χ0n) is 15.3. The quantitative estimate of drug-likeness (QED) is 0.520. The molecule has 2 aromatic rings. The second-order valence-electron chi connectivity index (χ2n) is 6.23. The highest BCUT2D eigenvalue weighted by atomic mass is 32.2. The first kappa shape index (κ1) is 20.3. The largest absolute Gasteiger partial charge is 0.612 e. The predicted octanol–water partition coefficient (Wildman–Crippen LogP) is 2.93. The molecule has 5 nitrogen and oxygen atoms in total. The van der Waals surface area contributed by atoms with Crippen molar-refractivity contribution in [3.63, 3.8) is 0 Å². The van der Waals surface area contributed by atoms with Crippen LogP contribution in [0.5, 0.6) is 11.5 Å². The zero-order chi connectivity index (χ0) is 19.1. The first-order valence-corrected chi connectivity index (χ1v) is 10.0. The van der Waals surface area contributed by atoms with Gasteiger partial charge in [-0.3, -0.25) is 4.79 Å². The van der Waals surface area contributed by atoms with Crippen molar-refractivity contribution >= 4 is 17.0 Å². The zero-order valence-corrected chi connectivity index (χ0v) is 16.1. The van der Waals surface area contributed by atoms with Crippen LogP contribution in [0.15, 0.2) is 47.4 Å². The van der Waals surface area contributed by atoms with Crippen LogP contribution in [0.4, 0.5) is 0 Å². The summed E-state index contributed by atoms with van der Waals surface area (Å²) in [6.45, 7) is 2.24. The molecule has 0 aliphatic heterocycles. The van der Waals surface area contributed by atoms with Gasteiger partial charge in [0, 0.05) is 17.7 Å². The molecule has 26 heavy (non-hydrogen) atoms. The van der Waals surface area contributed by atoms with Crippen molar-refractivity contribution in [1.82, 2.24) is 5.32 Å². The van der Waals surface area contributed by atoms with E-state index in [0.717, 1.165) is 18.6 Å². The molecule has 0 aromatic heterocycles. The average molecular weight is 375 g/mol. The van der Waals surface area contributed by atoms with Crippen LogP contribution in [0, 0.1) is 0 Å². The summed E-state index contributed by atoms with van der Waals surface area (Å²) >= 11 is -1.34. The van der Waals surface area contributed by atoms with Crippen LogP contribution in [-0.2, 0) is 17.6 Å². The Morgan fingerprint density at radius 2 is 1.96 bits per heavy atom. The lowest BCUT2D eigenvalue weighted by atomic mass is 10.1. The average Bonchev–Trinajstić information content (AvgIpc) is 2.64. The Bertz CT molecular complexity index is 731. The van der Waals surface area contributed by atoms with Gasteiger partial charge in [0.05, 0.1) is 13.7 Å². The summed E-state index contributed by atoms with van der Waals surface area (Å²) in [5, 5.41) is 12.9. The number of carbonyl (C=O) groups is 1. The standard InChI is InChI=1S/C20H25NO4S/c1-14(4-5-15-6-9-17(25-2)10-7-15)21-13-19(23)16-8-11-18(22)20(12-16)26(3)24/h6-12,14,21-22H,4-5,13H2,1-3H3. The Labute approximate surface area is 157 Å². The summed E-state index contributed by atoms with van der Waals surface area (Å²) in [7, 11) is 1.65. The molecule has 140 valence electrons. The van der Waals surface area contributed by atoms with Crippen LogP contribution in [-0.4, -0.2) is 41.4 Å². The number of nitrogens with one attached hydrogen (secondary N) is 1. The number of phenols is 1. The Hall–Kier alpha value is -2.02. The van der Waals surface area contributed by atoms with Crippen LogP contribution in [0.1, 0.15) is 29.3 Å². The summed E-state index contributed by atoms with van der Waals surface area (Å²) in [4.78, 5) is 12.6. The highest BCUT2D eigenvalue weighted by Crippen LogP contribution is 2.23. The molecular formula is C20H25NO4S. The first-order valence-electron chi connectivity index (χ1n) is 8.46. The lowest BCUT2D eigenvalue weighted by Crippen LogP contribution is -2.32. The Balaban J connectivity index is 1.83. The third-order valence-corrected chi connectivity index (χ3v) is 5.17. The molecule has 0 spiro atoms. The number of hydrogen-bond acceptors (Lipinski definition) is 5. The van der Waals surface area contributed by atoms with Crippen molar-refractivity contribution in [2.45, 2.75) is 30.7 Å². The van der Waals surface area contributed by atoms with E-state index in [1.54, 1.807) is 13.2 Å². The smallest absolute Gasteiger partial charge is 0.194 e. The molecule has 0 aliphatic carbocycles. The number of aromatic hydroxyl groups is 1. The molecule has 0 amide bonds. The molecule has 6 heteroatoms. The van der Waals surface area contributed by atoms with E-state index in [9.17, 15) is 14.5 Å². The number of rotatable bonds is 9. The number of carbonyl (C=O) groups excluding carboxylic acids is 1. The molecule has 0 aliphatic rings. The van der Waals surface area contributed by atoms with Crippen molar-refractivity contribution in [3.05, 3.63) is 53.6 Å². The van der Waals surface area contributed by atoms with Crippen LogP contribution in [0.3, 0.4) is 0 Å². The SMILES string of the molecule is COc1ccc(CCC(C)NCC(=O)c2ccc(O)c([S+](C)[O-])c2)cc1. The third-order valence-electron chi connectivity index (χ3n) is 4.23. The normalized spacial score (nSPS) is 13.2. The molecule has 0 saturated heterocycles. The van der Waals surface area contributed by atoms with E-state index in [2.05, 4.69) is 5.32 Å². The third kappa shape index (κ3) is 5.76. The number of phenolic OH excluding ortho intramolecular Hbond substituents is 1. The van der Waals surface area contributed by atoms with Crippen LogP contribution in [0.25, 0.3) is 0 Å². The van der Waals surface area contributed by atoms with Crippen LogP contribution < -0.4 is 10.1 Å². The minimum absolute atomic E-state index is 0.0526. The van der Waals surface area contributed by atoms with E-state index in [0.29, 0.717) is 5.56 Å². The Morgan fingerprint density at radius 3 is 2.58 bits per heavy atom. The number of methoxy groups -OCH3 is 1. The fourth-order valence-electron chi connectivity index (χ4n) is 2.56. The fourth-order valence-corrected chi connectivity index (χ4v) is 3.22. The minimum Gasteiger partial charge on any atom is -0.612 e. The van der Waals surface area contributed by atoms with Crippen molar-refractivity contribution in [2.75, 3.05) is 19.9 Å². The highest BCUT2D eigenvalue weighted by Gasteiger charge is 2.16. The second-order valence-corrected chi connectivity index (χ2v) is 7.58. The van der Waals surface area contributed by atoms with Gasteiger partial charge in [0.25, 0.3) is 0 Å². The van der Waals surface area contributed by atoms with Crippen molar-refractivity contribution in [2.24, 2.45) is 0 Å². The van der Waals surface area contributed by atoms with Crippen LogP contribution in [0.2, 0.25) is 0 Å². The molecule has 0 fully saturated rings. The number of benzene rings is 2. The molecule has 2 aromatic carbocycles. The number of ether oxygens (including phenoxy) is 1. The van der Waals surface area contributed by atoms with Gasteiger partial charge in [-0.25, -0.2) is 0 Å². The molecular weight excluding hydrogens is 350 g/mol. The number of ketones is 1. The molecule has 0 radical (unpaired) electrons. The van der Waals surface area contributed by atoms with Gasteiger partial charge < -0.3 is 19.7 Å². The maximum atomic E-state index is 12.3. The molecule has 2 unspecified atom stereocenters. The molecule has 0 bridgehead atoms. The van der Waals surface area contributed by atoms with Crippen molar-refractivity contribution in [1.29, 1.82) is 0 Å². The molecule has 2 rings (SSSR count). The molecule has 2 N–H and O–H groups in total. The van der Waals surface area contributed by atoms with E-state index in [-0.39, 0.29) is 29.0 Å². The van der Waals surface area contributed by atoms with E-state index < -0.39 is 11.2 Å². The summed E-state index contributed by atoms with van der Waals surface area (Å²) in [6.07, 6.45) is 3.28. The lowest BCUT2D eigenvalue weighted by molar-refractivity contribution is 0.0987. The van der Waals surface area contributed by atoms with E-state index in [4.69, 9.17) is 4.74 Å². The van der Waals surface area contributed by atoms with E-state index >= 15 is 0 Å².